The van der Waals surface area contributed by atoms with Gasteiger partial charge < -0.3 is 19.2 Å². The summed E-state index contributed by atoms with van der Waals surface area (Å²) in [6.45, 7) is 0.396. The number of methoxy groups -OCH3 is 1. The van der Waals surface area contributed by atoms with Gasteiger partial charge in [-0.15, -0.1) is 5.10 Å². The van der Waals surface area contributed by atoms with Crippen molar-refractivity contribution in [2.24, 2.45) is 0 Å². The van der Waals surface area contributed by atoms with Gasteiger partial charge in [-0.1, -0.05) is 6.07 Å². The Bertz CT molecular complexity index is 1030. The fourth-order valence-electron chi connectivity index (χ4n) is 2.99. The SMILES string of the molecule is COc1cccc(OCC(=O)NCCn2nc(-c3ccco3)n(C3CC3)c2=O)c1. The van der Waals surface area contributed by atoms with Gasteiger partial charge in [-0.2, -0.15) is 0 Å². The Morgan fingerprint density at radius 2 is 2.10 bits per heavy atom. The molecule has 0 bridgehead atoms. The van der Waals surface area contributed by atoms with Crippen molar-refractivity contribution >= 4 is 5.91 Å². The number of benzene rings is 1. The summed E-state index contributed by atoms with van der Waals surface area (Å²) in [5.74, 6) is 2.00. The highest BCUT2D eigenvalue weighted by Gasteiger charge is 2.31. The molecule has 1 aromatic carbocycles. The van der Waals surface area contributed by atoms with Crippen molar-refractivity contribution in [2.45, 2.75) is 25.4 Å². The van der Waals surface area contributed by atoms with Crippen molar-refractivity contribution in [3.8, 4) is 23.1 Å². The predicted molar refractivity (Wildman–Crippen MR) is 104 cm³/mol. The number of aromatic nitrogens is 3. The van der Waals surface area contributed by atoms with E-state index in [0.717, 1.165) is 12.8 Å². The van der Waals surface area contributed by atoms with E-state index < -0.39 is 0 Å². The van der Waals surface area contributed by atoms with Crippen LogP contribution < -0.4 is 20.5 Å². The zero-order valence-corrected chi connectivity index (χ0v) is 16.0. The van der Waals surface area contributed by atoms with Crippen LogP contribution in [0.4, 0.5) is 0 Å². The maximum atomic E-state index is 12.7. The van der Waals surface area contributed by atoms with Crippen LogP contribution in [0.2, 0.25) is 0 Å². The number of nitrogens with one attached hydrogen (secondary N) is 1. The van der Waals surface area contributed by atoms with E-state index in [4.69, 9.17) is 13.9 Å². The molecule has 1 N–H and O–H groups in total. The van der Waals surface area contributed by atoms with Crippen molar-refractivity contribution in [3.63, 3.8) is 0 Å². The minimum absolute atomic E-state index is 0.129. The second-order valence-electron chi connectivity index (χ2n) is 6.73. The van der Waals surface area contributed by atoms with Crippen LogP contribution in [-0.2, 0) is 11.3 Å². The van der Waals surface area contributed by atoms with Crippen LogP contribution in [0.1, 0.15) is 18.9 Å². The fourth-order valence-corrected chi connectivity index (χ4v) is 2.99. The minimum Gasteiger partial charge on any atom is -0.497 e. The number of rotatable bonds is 9. The van der Waals surface area contributed by atoms with Crippen molar-refractivity contribution in [3.05, 3.63) is 53.1 Å². The van der Waals surface area contributed by atoms with Crippen LogP contribution in [0.25, 0.3) is 11.6 Å². The normalized spacial score (nSPS) is 13.3. The Morgan fingerprint density at radius 3 is 2.83 bits per heavy atom. The average Bonchev–Trinajstić information content (AvgIpc) is 3.31. The van der Waals surface area contributed by atoms with E-state index in [9.17, 15) is 9.59 Å². The standard InChI is InChI=1S/C20H22N4O5/c1-27-15-4-2-5-16(12-15)29-13-18(25)21-9-10-23-20(26)24(14-7-8-14)19(22-23)17-6-3-11-28-17/h2-6,11-12,14H,7-10,13H2,1H3,(H,21,25). The van der Waals surface area contributed by atoms with E-state index in [-0.39, 0.29) is 37.3 Å². The van der Waals surface area contributed by atoms with E-state index >= 15 is 0 Å². The van der Waals surface area contributed by atoms with Crippen molar-refractivity contribution < 1.29 is 18.7 Å². The third-order valence-corrected chi connectivity index (χ3v) is 4.58. The Balaban J connectivity index is 1.33. The predicted octanol–water partition coefficient (Wildman–Crippen LogP) is 1.84. The maximum absolute atomic E-state index is 12.7. The van der Waals surface area contributed by atoms with Crippen LogP contribution >= 0.6 is 0 Å². The Kier molecular flexibility index (Phi) is 5.37. The molecule has 0 unspecified atom stereocenters. The lowest BCUT2D eigenvalue weighted by Gasteiger charge is -2.08. The Morgan fingerprint density at radius 1 is 1.28 bits per heavy atom. The lowest BCUT2D eigenvalue weighted by Crippen LogP contribution is -2.34. The molecule has 0 saturated heterocycles. The van der Waals surface area contributed by atoms with E-state index in [0.29, 0.717) is 23.1 Å². The number of nitrogens with zero attached hydrogens (tertiary/aromatic N) is 3. The molecule has 0 radical (unpaired) electrons. The molecule has 0 atom stereocenters. The first-order chi connectivity index (χ1) is 14.2. The quantitative estimate of drug-likeness (QED) is 0.590. The van der Waals surface area contributed by atoms with E-state index in [2.05, 4.69) is 10.4 Å². The lowest BCUT2D eigenvalue weighted by molar-refractivity contribution is -0.123. The van der Waals surface area contributed by atoms with E-state index in [1.807, 2.05) is 0 Å². The molecule has 1 aliphatic carbocycles. The molecule has 1 aliphatic rings. The van der Waals surface area contributed by atoms with Gasteiger partial charge in [0.1, 0.15) is 11.5 Å². The Labute approximate surface area is 166 Å². The molecular formula is C20H22N4O5. The number of furan rings is 1. The lowest BCUT2D eigenvalue weighted by atomic mass is 10.3. The molecule has 0 spiro atoms. The van der Waals surface area contributed by atoms with Gasteiger partial charge in [0.05, 0.1) is 19.9 Å². The van der Waals surface area contributed by atoms with Gasteiger partial charge in [0.2, 0.25) is 5.82 Å². The summed E-state index contributed by atoms with van der Waals surface area (Å²) >= 11 is 0. The van der Waals surface area contributed by atoms with Gasteiger partial charge in [0.25, 0.3) is 5.91 Å². The average molecular weight is 398 g/mol. The van der Waals surface area contributed by atoms with Crippen molar-refractivity contribution in [2.75, 3.05) is 20.3 Å². The van der Waals surface area contributed by atoms with Gasteiger partial charge in [-0.05, 0) is 37.1 Å². The summed E-state index contributed by atoms with van der Waals surface area (Å²) in [4.78, 5) is 24.7. The smallest absolute Gasteiger partial charge is 0.346 e. The number of hydrogen-bond acceptors (Lipinski definition) is 6. The summed E-state index contributed by atoms with van der Waals surface area (Å²) in [5, 5.41) is 7.14. The van der Waals surface area contributed by atoms with E-state index in [1.165, 1.54) is 4.68 Å². The number of hydrogen-bond donors (Lipinski definition) is 1. The summed E-state index contributed by atoms with van der Waals surface area (Å²) in [6.07, 6.45) is 3.47. The zero-order chi connectivity index (χ0) is 20.2. The first-order valence-corrected chi connectivity index (χ1v) is 9.42. The van der Waals surface area contributed by atoms with Gasteiger partial charge >= 0.3 is 5.69 Å². The summed E-state index contributed by atoms with van der Waals surface area (Å²) < 4.78 is 19.0. The summed E-state index contributed by atoms with van der Waals surface area (Å²) in [6, 6.07) is 10.7. The molecule has 2 heterocycles. The third kappa shape index (κ3) is 4.34. The molecule has 1 fully saturated rings. The topological polar surface area (TPSA) is 101 Å². The molecule has 1 saturated carbocycles. The fraction of sp³-hybridized carbons (Fsp3) is 0.350. The van der Waals surface area contributed by atoms with Gasteiger partial charge in [-0.25, -0.2) is 9.48 Å². The first kappa shape index (κ1) is 18.9. The molecule has 152 valence electrons. The maximum Gasteiger partial charge on any atom is 0.346 e. The first-order valence-electron chi connectivity index (χ1n) is 9.42. The number of amides is 1. The largest absolute Gasteiger partial charge is 0.497 e. The monoisotopic (exact) mass is 398 g/mol. The molecular weight excluding hydrogens is 376 g/mol. The second kappa shape index (κ2) is 8.26. The van der Waals surface area contributed by atoms with E-state index in [1.54, 1.807) is 54.3 Å². The highest BCUT2D eigenvalue weighted by molar-refractivity contribution is 5.77. The molecule has 9 heteroatoms. The molecule has 29 heavy (non-hydrogen) atoms. The van der Waals surface area contributed by atoms with Crippen LogP contribution in [-0.4, -0.2) is 40.5 Å². The molecule has 0 aliphatic heterocycles. The van der Waals surface area contributed by atoms with Crippen LogP contribution in [0.5, 0.6) is 11.5 Å². The number of ether oxygens (including phenoxy) is 2. The number of carbonyl (C=O) groups excluding carboxylic acids is 1. The summed E-state index contributed by atoms with van der Waals surface area (Å²) in [7, 11) is 1.57. The molecule has 4 rings (SSSR count). The minimum atomic E-state index is -0.284. The van der Waals surface area contributed by atoms with Gasteiger partial charge in [0.15, 0.2) is 12.4 Å². The second-order valence-corrected chi connectivity index (χ2v) is 6.73. The van der Waals surface area contributed by atoms with Crippen molar-refractivity contribution in [1.82, 2.24) is 19.7 Å². The highest BCUT2D eigenvalue weighted by Crippen LogP contribution is 2.36. The van der Waals surface area contributed by atoms with Gasteiger partial charge in [0, 0.05) is 18.7 Å². The molecule has 1 amide bonds. The molecule has 2 aromatic heterocycles. The van der Waals surface area contributed by atoms with Gasteiger partial charge in [-0.3, -0.25) is 9.36 Å². The highest BCUT2D eigenvalue weighted by atomic mass is 16.5. The Hall–Kier alpha value is -3.49. The van der Waals surface area contributed by atoms with Crippen molar-refractivity contribution in [1.29, 1.82) is 0 Å². The zero-order valence-electron chi connectivity index (χ0n) is 16.0. The third-order valence-electron chi connectivity index (χ3n) is 4.58. The number of carbonyl (C=O) groups is 1. The van der Waals surface area contributed by atoms with Crippen LogP contribution in [0.3, 0.4) is 0 Å². The van der Waals surface area contributed by atoms with Crippen LogP contribution in [0.15, 0.2) is 51.9 Å². The molecule has 9 nitrogen and oxygen atoms in total. The summed E-state index contributed by atoms with van der Waals surface area (Å²) in [5.41, 5.74) is -0.194. The van der Waals surface area contributed by atoms with Crippen LogP contribution in [0, 0.1) is 0 Å². The molecule has 3 aromatic rings.